The molecule has 0 heterocycles. The van der Waals surface area contributed by atoms with Crippen LogP contribution in [0.25, 0.3) is 0 Å². The first-order valence-corrected chi connectivity index (χ1v) is 21.7. The third-order valence-corrected chi connectivity index (χ3v) is 10.2. The Morgan fingerprint density at radius 1 is 0.625 bits per heavy atom. The fraction of sp³-hybridized carbons (Fsp3) is 0.974. The molecule has 0 rings (SSSR count). The van der Waals surface area contributed by atoms with E-state index in [0.29, 0.717) is 12.8 Å². The minimum Gasteiger partial charge on any atom is -0.393 e. The van der Waals surface area contributed by atoms with Gasteiger partial charge in [-0.15, -0.1) is 0 Å². The Morgan fingerprint density at radius 2 is 1.00 bits per heavy atom. The number of aliphatic hydroxyl groups excluding tert-OH is 2. The number of unbranched alkanes of at least 4 members (excludes halogenated alkanes) is 24. The van der Waals surface area contributed by atoms with Gasteiger partial charge in [0, 0.05) is 6.54 Å². The van der Waals surface area contributed by atoms with Crippen molar-refractivity contribution in [2.75, 3.05) is 19.8 Å². The third kappa shape index (κ3) is 32.7. The number of phosphoric ester groups is 1. The van der Waals surface area contributed by atoms with E-state index in [1.807, 2.05) is 0 Å². The molecule has 0 aromatic heterocycles. The number of nitrogens with one attached hydrogen (secondary N) is 1. The first-order valence-electron chi connectivity index (χ1n) is 20.2. The van der Waals surface area contributed by atoms with Crippen LogP contribution in [-0.4, -0.2) is 59.0 Å². The maximum Gasteiger partial charge on any atom is 0.472 e. The molecule has 0 aliphatic rings. The molecule has 10 heteroatoms. The van der Waals surface area contributed by atoms with Crippen molar-refractivity contribution < 1.29 is 33.5 Å². The van der Waals surface area contributed by atoms with E-state index in [9.17, 15) is 24.5 Å². The Balaban J connectivity index is 4.31. The first-order chi connectivity index (χ1) is 23.3. The number of hydrogen-bond acceptors (Lipinski definition) is 7. The molecule has 1 amide bonds. The van der Waals surface area contributed by atoms with Gasteiger partial charge in [-0.05, 0) is 12.8 Å². The minimum absolute atomic E-state index is 0.0624. The number of phosphoric acid groups is 1. The van der Waals surface area contributed by atoms with Gasteiger partial charge in [0.1, 0.15) is 0 Å². The monoisotopic (exact) mass is 707 g/mol. The molecule has 288 valence electrons. The molecule has 0 aliphatic heterocycles. The molecule has 0 aliphatic carbocycles. The van der Waals surface area contributed by atoms with Crippen molar-refractivity contribution in [1.82, 2.24) is 5.32 Å². The summed E-state index contributed by atoms with van der Waals surface area (Å²) < 4.78 is 22.1. The molecule has 0 saturated carbocycles. The van der Waals surface area contributed by atoms with Crippen LogP contribution in [0.4, 0.5) is 0 Å². The predicted molar refractivity (Wildman–Crippen MR) is 200 cm³/mol. The van der Waals surface area contributed by atoms with Crippen LogP contribution in [0.3, 0.4) is 0 Å². The smallest absolute Gasteiger partial charge is 0.393 e. The van der Waals surface area contributed by atoms with E-state index >= 15 is 0 Å². The van der Waals surface area contributed by atoms with E-state index in [0.717, 1.165) is 38.5 Å². The topological polar surface area (TPSA) is 151 Å². The summed E-state index contributed by atoms with van der Waals surface area (Å²) in [6, 6.07) is -0.889. The zero-order chi connectivity index (χ0) is 35.6. The largest absolute Gasteiger partial charge is 0.472 e. The summed E-state index contributed by atoms with van der Waals surface area (Å²) in [5.74, 6) is -0.411. The van der Waals surface area contributed by atoms with Gasteiger partial charge in [-0.3, -0.25) is 13.8 Å². The SMILES string of the molecule is CCCCCCCCCCCCCCCCC(O)C(COP(=O)(O)OCCN)NC(=O)CC(O)CCCCCCCCCCCCCC. The van der Waals surface area contributed by atoms with Crippen molar-refractivity contribution in [2.45, 2.75) is 218 Å². The van der Waals surface area contributed by atoms with Gasteiger partial charge >= 0.3 is 7.82 Å². The highest BCUT2D eigenvalue weighted by molar-refractivity contribution is 7.47. The summed E-state index contributed by atoms with van der Waals surface area (Å²) in [6.45, 7) is 4.04. The van der Waals surface area contributed by atoms with Gasteiger partial charge in [-0.1, -0.05) is 181 Å². The van der Waals surface area contributed by atoms with E-state index in [-0.39, 0.29) is 26.2 Å². The lowest BCUT2D eigenvalue weighted by Crippen LogP contribution is -2.47. The zero-order valence-electron chi connectivity index (χ0n) is 31.4. The first kappa shape index (κ1) is 47.5. The van der Waals surface area contributed by atoms with Crippen molar-refractivity contribution >= 4 is 13.7 Å². The average molecular weight is 707 g/mol. The maximum atomic E-state index is 12.8. The Kier molecular flexibility index (Phi) is 34.5. The van der Waals surface area contributed by atoms with Crippen molar-refractivity contribution in [3.05, 3.63) is 0 Å². The van der Waals surface area contributed by atoms with E-state index in [2.05, 4.69) is 19.2 Å². The Bertz CT molecular complexity index is 746. The van der Waals surface area contributed by atoms with Crippen molar-refractivity contribution in [3.8, 4) is 0 Å². The minimum atomic E-state index is -4.36. The van der Waals surface area contributed by atoms with Crippen molar-refractivity contribution in [1.29, 1.82) is 0 Å². The molecule has 0 radical (unpaired) electrons. The third-order valence-electron chi connectivity index (χ3n) is 9.27. The van der Waals surface area contributed by atoms with Gasteiger partial charge in [-0.25, -0.2) is 4.57 Å². The van der Waals surface area contributed by atoms with Crippen LogP contribution in [0.2, 0.25) is 0 Å². The number of carbonyl (C=O) groups excluding carboxylic acids is 1. The Morgan fingerprint density at radius 3 is 1.40 bits per heavy atom. The van der Waals surface area contributed by atoms with Gasteiger partial charge < -0.3 is 26.2 Å². The van der Waals surface area contributed by atoms with E-state index in [1.165, 1.54) is 128 Å². The molecule has 6 N–H and O–H groups in total. The number of carbonyl (C=O) groups is 1. The quantitative estimate of drug-likeness (QED) is 0.0315. The van der Waals surface area contributed by atoms with Crippen LogP contribution in [0, 0.1) is 0 Å². The molecule has 9 nitrogen and oxygen atoms in total. The van der Waals surface area contributed by atoms with E-state index in [4.69, 9.17) is 14.8 Å². The lowest BCUT2D eigenvalue weighted by Gasteiger charge is -2.25. The lowest BCUT2D eigenvalue weighted by atomic mass is 10.0. The summed E-state index contributed by atoms with van der Waals surface area (Å²) in [5.41, 5.74) is 5.36. The molecule has 0 aromatic rings. The van der Waals surface area contributed by atoms with Crippen molar-refractivity contribution in [3.63, 3.8) is 0 Å². The molecule has 0 spiro atoms. The molecular formula is C38H79N2O7P. The molecule has 0 bridgehead atoms. The van der Waals surface area contributed by atoms with E-state index in [1.54, 1.807) is 0 Å². The van der Waals surface area contributed by atoms with Crippen LogP contribution in [-0.2, 0) is 18.4 Å². The van der Waals surface area contributed by atoms with Crippen LogP contribution in [0.15, 0.2) is 0 Å². The fourth-order valence-corrected chi connectivity index (χ4v) is 6.94. The van der Waals surface area contributed by atoms with Gasteiger partial charge in [0.25, 0.3) is 0 Å². The van der Waals surface area contributed by atoms with Gasteiger partial charge in [-0.2, -0.15) is 0 Å². The van der Waals surface area contributed by atoms with Gasteiger partial charge in [0.05, 0.1) is 37.9 Å². The fourth-order valence-electron chi connectivity index (χ4n) is 6.18. The standard InChI is InChI=1S/C38H79N2O7P/c1-3-5-7-9-11-13-15-17-18-20-22-24-26-28-30-37(42)36(34-47-48(44,45)46-32-31-39)40-38(43)33-35(41)29-27-25-23-21-19-16-14-12-10-8-6-4-2/h35-37,41-42H,3-34,39H2,1-2H3,(H,40,43)(H,44,45). The number of aliphatic hydroxyl groups is 2. The molecule has 0 aromatic carbocycles. The van der Waals surface area contributed by atoms with Crippen LogP contribution < -0.4 is 11.1 Å². The summed E-state index contributed by atoms with van der Waals surface area (Å²) in [5, 5.41) is 24.1. The van der Waals surface area contributed by atoms with Crippen LogP contribution >= 0.6 is 7.82 Å². The normalized spacial score (nSPS) is 14.9. The molecule has 4 unspecified atom stereocenters. The molecule has 48 heavy (non-hydrogen) atoms. The predicted octanol–water partition coefficient (Wildman–Crippen LogP) is 9.64. The van der Waals surface area contributed by atoms with Gasteiger partial charge in [0.2, 0.25) is 5.91 Å². The summed E-state index contributed by atoms with van der Waals surface area (Å²) in [4.78, 5) is 22.7. The van der Waals surface area contributed by atoms with Crippen LogP contribution in [0.1, 0.15) is 200 Å². The average Bonchev–Trinajstić information content (AvgIpc) is 3.06. The molecule has 0 fully saturated rings. The zero-order valence-corrected chi connectivity index (χ0v) is 32.3. The maximum absolute atomic E-state index is 12.8. The number of rotatable bonds is 38. The van der Waals surface area contributed by atoms with Gasteiger partial charge in [0.15, 0.2) is 0 Å². The summed E-state index contributed by atoms with van der Waals surface area (Å²) >= 11 is 0. The van der Waals surface area contributed by atoms with E-state index < -0.39 is 32.0 Å². The summed E-state index contributed by atoms with van der Waals surface area (Å²) in [7, 11) is -4.36. The Hall–Kier alpha value is -0.540. The lowest BCUT2D eigenvalue weighted by molar-refractivity contribution is -0.125. The molecule has 0 saturated heterocycles. The highest BCUT2D eigenvalue weighted by Gasteiger charge is 2.28. The summed E-state index contributed by atoms with van der Waals surface area (Å²) in [6.07, 6.45) is 31.4. The van der Waals surface area contributed by atoms with Crippen LogP contribution in [0.5, 0.6) is 0 Å². The second kappa shape index (κ2) is 34.9. The molecule has 4 atom stereocenters. The molecular weight excluding hydrogens is 627 g/mol. The highest BCUT2D eigenvalue weighted by atomic mass is 31.2. The number of nitrogens with two attached hydrogens (primary N) is 1. The Labute approximate surface area is 295 Å². The number of amides is 1. The number of hydrogen-bond donors (Lipinski definition) is 5. The second-order valence-corrected chi connectivity index (χ2v) is 15.5. The second-order valence-electron chi connectivity index (χ2n) is 14.0. The van der Waals surface area contributed by atoms with Crippen molar-refractivity contribution in [2.24, 2.45) is 5.73 Å². The highest BCUT2D eigenvalue weighted by Crippen LogP contribution is 2.43.